The van der Waals surface area contributed by atoms with Crippen molar-refractivity contribution in [2.24, 2.45) is 0 Å². The molecule has 0 heterocycles. The number of halogens is 1. The second-order valence-electron chi connectivity index (χ2n) is 3.36. The van der Waals surface area contributed by atoms with Crippen molar-refractivity contribution in [1.82, 2.24) is 0 Å². The lowest BCUT2D eigenvalue weighted by atomic mass is 10.1. The Kier molecular flexibility index (Phi) is 1.62. The minimum Gasteiger partial charge on any atom is -0.293 e. The maximum Gasteiger partial charge on any atom is 0.179 e. The molecular formula is C10H9BrO. The summed E-state index contributed by atoms with van der Waals surface area (Å²) in [4.78, 5) is 11.7. The van der Waals surface area contributed by atoms with Gasteiger partial charge in [0.15, 0.2) is 5.78 Å². The van der Waals surface area contributed by atoms with Crippen molar-refractivity contribution in [3.05, 3.63) is 35.4 Å². The van der Waals surface area contributed by atoms with E-state index in [9.17, 15) is 4.79 Å². The maximum atomic E-state index is 11.7. The van der Waals surface area contributed by atoms with Gasteiger partial charge in [-0.3, -0.25) is 4.79 Å². The summed E-state index contributed by atoms with van der Waals surface area (Å²) >= 11 is 3.44. The Balaban J connectivity index is 2.57. The number of fused-ring (bicyclic) bond motifs is 1. The number of alkyl halides is 1. The molecule has 0 unspecified atom stereocenters. The number of carbonyl (C=O) groups excluding carboxylic acids is 1. The van der Waals surface area contributed by atoms with Crippen LogP contribution in [0.5, 0.6) is 0 Å². The van der Waals surface area contributed by atoms with Gasteiger partial charge in [-0.25, -0.2) is 0 Å². The fourth-order valence-corrected chi connectivity index (χ4v) is 2.13. The topological polar surface area (TPSA) is 17.1 Å². The molecule has 0 spiro atoms. The summed E-state index contributed by atoms with van der Waals surface area (Å²) in [5.74, 6) is 0.207. The van der Waals surface area contributed by atoms with Crippen LogP contribution in [-0.4, -0.2) is 10.1 Å². The summed E-state index contributed by atoms with van der Waals surface area (Å²) in [7, 11) is 0. The molecule has 0 radical (unpaired) electrons. The molecule has 0 saturated heterocycles. The number of hydrogen-bond acceptors (Lipinski definition) is 1. The third kappa shape index (κ3) is 1.02. The average molecular weight is 225 g/mol. The van der Waals surface area contributed by atoms with Gasteiger partial charge in [-0.15, -0.1) is 0 Å². The van der Waals surface area contributed by atoms with Crippen molar-refractivity contribution in [2.75, 3.05) is 0 Å². The minimum absolute atomic E-state index is 0.207. The zero-order chi connectivity index (χ0) is 8.77. The standard InChI is InChI=1S/C10H9BrO/c1-10(11)6-7-4-2-3-5-8(7)9(10)12/h2-5H,6H2,1H3/t10-/m1/s1. The van der Waals surface area contributed by atoms with Crippen LogP contribution in [0.4, 0.5) is 0 Å². The fraction of sp³-hybridized carbons (Fsp3) is 0.300. The molecule has 0 N–H and O–H groups in total. The number of carbonyl (C=O) groups is 1. The van der Waals surface area contributed by atoms with Crippen molar-refractivity contribution in [3.63, 3.8) is 0 Å². The smallest absolute Gasteiger partial charge is 0.179 e. The van der Waals surface area contributed by atoms with Gasteiger partial charge in [0.05, 0.1) is 4.32 Å². The minimum atomic E-state index is -0.364. The van der Waals surface area contributed by atoms with E-state index in [1.807, 2.05) is 31.2 Å². The van der Waals surface area contributed by atoms with Crippen molar-refractivity contribution in [3.8, 4) is 0 Å². The molecule has 1 atom stereocenters. The Morgan fingerprint density at radius 2 is 2.08 bits per heavy atom. The fourth-order valence-electron chi connectivity index (χ4n) is 1.61. The number of Topliss-reactive ketones (excluding diaryl/α,β-unsaturated/α-hetero) is 1. The summed E-state index contributed by atoms with van der Waals surface area (Å²) in [6, 6.07) is 7.79. The van der Waals surface area contributed by atoms with Gasteiger partial charge in [0.1, 0.15) is 0 Å². The van der Waals surface area contributed by atoms with E-state index >= 15 is 0 Å². The van der Waals surface area contributed by atoms with E-state index in [1.165, 1.54) is 0 Å². The first-order chi connectivity index (χ1) is 5.61. The molecule has 1 aromatic rings. The Morgan fingerprint density at radius 3 is 2.75 bits per heavy atom. The van der Waals surface area contributed by atoms with E-state index in [-0.39, 0.29) is 10.1 Å². The van der Waals surface area contributed by atoms with E-state index in [1.54, 1.807) is 0 Å². The first-order valence-electron chi connectivity index (χ1n) is 3.93. The number of rotatable bonds is 0. The number of benzene rings is 1. The van der Waals surface area contributed by atoms with Gasteiger partial charge in [-0.05, 0) is 18.9 Å². The Hall–Kier alpha value is -0.630. The normalized spacial score (nSPS) is 27.3. The SMILES string of the molecule is C[C@@]1(Br)Cc2ccccc2C1=O. The summed E-state index contributed by atoms with van der Waals surface area (Å²) in [6.45, 7) is 1.93. The van der Waals surface area contributed by atoms with Crippen LogP contribution in [0.1, 0.15) is 22.8 Å². The van der Waals surface area contributed by atoms with Crippen molar-refractivity contribution in [2.45, 2.75) is 17.7 Å². The molecule has 0 saturated carbocycles. The quantitative estimate of drug-likeness (QED) is 0.620. The molecule has 0 bridgehead atoms. The second-order valence-corrected chi connectivity index (χ2v) is 5.11. The molecule has 1 aliphatic rings. The van der Waals surface area contributed by atoms with Gasteiger partial charge < -0.3 is 0 Å². The zero-order valence-corrected chi connectivity index (χ0v) is 8.39. The van der Waals surface area contributed by atoms with Crippen LogP contribution < -0.4 is 0 Å². The molecule has 2 rings (SSSR count). The van der Waals surface area contributed by atoms with Gasteiger partial charge >= 0.3 is 0 Å². The Bertz CT molecular complexity index is 341. The van der Waals surface area contributed by atoms with E-state index in [0.29, 0.717) is 0 Å². The molecule has 2 heteroatoms. The highest BCUT2D eigenvalue weighted by molar-refractivity contribution is 9.10. The van der Waals surface area contributed by atoms with Crippen molar-refractivity contribution >= 4 is 21.7 Å². The van der Waals surface area contributed by atoms with Crippen molar-refractivity contribution in [1.29, 1.82) is 0 Å². The van der Waals surface area contributed by atoms with Gasteiger partial charge in [0, 0.05) is 5.56 Å². The molecule has 0 aromatic heterocycles. The highest BCUT2D eigenvalue weighted by atomic mass is 79.9. The van der Waals surface area contributed by atoms with E-state index in [4.69, 9.17) is 0 Å². The molecule has 1 aliphatic carbocycles. The predicted octanol–water partition coefficient (Wildman–Crippen LogP) is 2.58. The third-order valence-electron chi connectivity index (χ3n) is 2.26. The predicted molar refractivity (Wildman–Crippen MR) is 51.8 cm³/mol. The summed E-state index contributed by atoms with van der Waals surface area (Å²) in [6.07, 6.45) is 0.808. The molecule has 0 fully saturated rings. The first kappa shape index (κ1) is 7.99. The Morgan fingerprint density at radius 1 is 1.42 bits per heavy atom. The lowest BCUT2D eigenvalue weighted by Crippen LogP contribution is -2.23. The average Bonchev–Trinajstić information content (AvgIpc) is 2.24. The van der Waals surface area contributed by atoms with Crippen molar-refractivity contribution < 1.29 is 4.79 Å². The Labute approximate surface area is 79.9 Å². The first-order valence-corrected chi connectivity index (χ1v) is 4.72. The van der Waals surface area contributed by atoms with E-state index in [2.05, 4.69) is 15.9 Å². The highest BCUT2D eigenvalue weighted by Crippen LogP contribution is 2.35. The number of hydrogen-bond donors (Lipinski definition) is 0. The molecule has 12 heavy (non-hydrogen) atoms. The van der Waals surface area contributed by atoms with Crippen LogP contribution in [0.15, 0.2) is 24.3 Å². The number of ketones is 1. The van der Waals surface area contributed by atoms with Gasteiger partial charge in [0.25, 0.3) is 0 Å². The highest BCUT2D eigenvalue weighted by Gasteiger charge is 2.38. The van der Waals surface area contributed by atoms with E-state index in [0.717, 1.165) is 17.5 Å². The summed E-state index contributed by atoms with van der Waals surface area (Å²) < 4.78 is -0.364. The summed E-state index contributed by atoms with van der Waals surface area (Å²) in [5.41, 5.74) is 2.03. The summed E-state index contributed by atoms with van der Waals surface area (Å²) in [5, 5.41) is 0. The molecule has 62 valence electrons. The molecule has 0 aliphatic heterocycles. The molecule has 1 nitrogen and oxygen atoms in total. The van der Waals surface area contributed by atoms with Crippen LogP contribution in [0.2, 0.25) is 0 Å². The van der Waals surface area contributed by atoms with E-state index < -0.39 is 0 Å². The molecule has 1 aromatic carbocycles. The molecular weight excluding hydrogens is 216 g/mol. The van der Waals surface area contributed by atoms with Crippen LogP contribution in [0.25, 0.3) is 0 Å². The lowest BCUT2D eigenvalue weighted by Gasteiger charge is -2.10. The molecule has 0 amide bonds. The second kappa shape index (κ2) is 2.43. The monoisotopic (exact) mass is 224 g/mol. The van der Waals surface area contributed by atoms with Crippen LogP contribution >= 0.6 is 15.9 Å². The maximum absolute atomic E-state index is 11.7. The van der Waals surface area contributed by atoms with Gasteiger partial charge in [0.2, 0.25) is 0 Å². The van der Waals surface area contributed by atoms with Gasteiger partial charge in [-0.2, -0.15) is 0 Å². The van der Waals surface area contributed by atoms with Gasteiger partial charge in [-0.1, -0.05) is 40.2 Å². The third-order valence-corrected chi connectivity index (χ3v) is 2.90. The largest absolute Gasteiger partial charge is 0.293 e. The lowest BCUT2D eigenvalue weighted by molar-refractivity contribution is 0.0968. The zero-order valence-electron chi connectivity index (χ0n) is 6.80. The van der Waals surface area contributed by atoms with Crippen LogP contribution in [0, 0.1) is 0 Å². The van der Waals surface area contributed by atoms with Crippen LogP contribution in [0.3, 0.4) is 0 Å². The van der Waals surface area contributed by atoms with Crippen LogP contribution in [-0.2, 0) is 6.42 Å².